The van der Waals surface area contributed by atoms with Crippen LogP contribution in [0.5, 0.6) is 5.75 Å². The van der Waals surface area contributed by atoms with E-state index in [-0.39, 0.29) is 29.5 Å². The molecule has 9 heteroatoms. The van der Waals surface area contributed by atoms with Gasteiger partial charge < -0.3 is 23.6 Å². The molecule has 2 aromatic rings. The van der Waals surface area contributed by atoms with E-state index in [0.717, 1.165) is 0 Å². The number of carbonyl (C=O) groups excluding carboxylic acids is 1. The summed E-state index contributed by atoms with van der Waals surface area (Å²) in [5.74, 6) is 0.520. The second-order valence-electron chi connectivity index (χ2n) is 5.45. The molecule has 3 heterocycles. The van der Waals surface area contributed by atoms with Gasteiger partial charge in [-0.2, -0.15) is 0 Å². The summed E-state index contributed by atoms with van der Waals surface area (Å²) in [5.41, 5.74) is 0.106. The molecule has 1 amide bonds. The van der Waals surface area contributed by atoms with Crippen LogP contribution >= 0.6 is 11.6 Å². The number of hydrogen-bond donors (Lipinski definition) is 0. The van der Waals surface area contributed by atoms with E-state index < -0.39 is 0 Å². The molecule has 2 aromatic heterocycles. The van der Waals surface area contributed by atoms with Crippen LogP contribution in [-0.4, -0.2) is 61.0 Å². The smallest absolute Gasteiger partial charge is 0.279 e. The van der Waals surface area contributed by atoms with Gasteiger partial charge in [0.15, 0.2) is 16.7 Å². The van der Waals surface area contributed by atoms with Crippen molar-refractivity contribution in [3.63, 3.8) is 0 Å². The number of oxime groups is 1. The van der Waals surface area contributed by atoms with Crippen LogP contribution in [0.4, 0.5) is 0 Å². The van der Waals surface area contributed by atoms with Crippen molar-refractivity contribution in [2.75, 3.05) is 33.4 Å². The van der Waals surface area contributed by atoms with Crippen LogP contribution in [0, 0.1) is 0 Å². The van der Waals surface area contributed by atoms with Gasteiger partial charge in [-0.15, -0.1) is 0 Å². The van der Waals surface area contributed by atoms with E-state index in [4.69, 9.17) is 30.3 Å². The Labute approximate surface area is 155 Å². The third kappa shape index (κ3) is 4.33. The summed E-state index contributed by atoms with van der Waals surface area (Å²) >= 11 is 5.97. The zero-order valence-electron chi connectivity index (χ0n) is 14.1. The Balaban J connectivity index is 1.63. The van der Waals surface area contributed by atoms with Crippen molar-refractivity contribution in [2.24, 2.45) is 5.16 Å². The molecular weight excluding hydrogens is 362 g/mol. The third-order valence-electron chi connectivity index (χ3n) is 3.72. The van der Waals surface area contributed by atoms with E-state index in [1.54, 1.807) is 35.4 Å². The number of amides is 1. The zero-order chi connectivity index (χ0) is 18.4. The molecular formula is C17H18ClN3O5. The van der Waals surface area contributed by atoms with Crippen LogP contribution < -0.4 is 4.74 Å². The molecule has 26 heavy (non-hydrogen) atoms. The molecule has 1 aliphatic heterocycles. The van der Waals surface area contributed by atoms with Crippen molar-refractivity contribution >= 4 is 23.2 Å². The largest absolute Gasteiger partial charge is 0.488 e. The van der Waals surface area contributed by atoms with Crippen molar-refractivity contribution in [1.29, 1.82) is 0 Å². The van der Waals surface area contributed by atoms with Gasteiger partial charge in [0.25, 0.3) is 5.91 Å². The highest BCUT2D eigenvalue weighted by Crippen LogP contribution is 2.21. The molecule has 138 valence electrons. The van der Waals surface area contributed by atoms with Crippen molar-refractivity contribution < 1.29 is 23.5 Å². The fourth-order valence-corrected chi connectivity index (χ4v) is 2.68. The van der Waals surface area contributed by atoms with Gasteiger partial charge in [0.1, 0.15) is 19.8 Å². The summed E-state index contributed by atoms with van der Waals surface area (Å²) in [6.07, 6.45) is 2.75. The molecule has 0 aromatic carbocycles. The van der Waals surface area contributed by atoms with Crippen LogP contribution in [0.15, 0.2) is 46.3 Å². The Kier molecular flexibility index (Phi) is 6.08. The van der Waals surface area contributed by atoms with Crippen LogP contribution in [0.25, 0.3) is 0 Å². The lowest BCUT2D eigenvalue weighted by atomic mass is 10.2. The summed E-state index contributed by atoms with van der Waals surface area (Å²) in [6, 6.07) is 6.79. The summed E-state index contributed by atoms with van der Waals surface area (Å²) < 4.78 is 16.6. The Bertz CT molecular complexity index is 766. The van der Waals surface area contributed by atoms with Crippen LogP contribution in [0.2, 0.25) is 5.15 Å². The molecule has 0 radical (unpaired) electrons. The number of nitrogens with zero attached hydrogens (tertiary/aromatic N) is 3. The van der Waals surface area contributed by atoms with Gasteiger partial charge in [-0.25, -0.2) is 4.98 Å². The number of carbonyl (C=O) groups is 1. The van der Waals surface area contributed by atoms with Gasteiger partial charge in [0.2, 0.25) is 5.71 Å². The molecule has 1 aliphatic rings. The third-order valence-corrected chi connectivity index (χ3v) is 4.00. The first-order valence-corrected chi connectivity index (χ1v) is 8.36. The number of aromatic nitrogens is 1. The lowest BCUT2D eigenvalue weighted by Crippen LogP contribution is -2.49. The number of pyridine rings is 1. The fourth-order valence-electron chi connectivity index (χ4n) is 2.51. The molecule has 0 spiro atoms. The lowest BCUT2D eigenvalue weighted by molar-refractivity contribution is -0.132. The molecule has 1 fully saturated rings. The summed E-state index contributed by atoms with van der Waals surface area (Å²) in [7, 11) is 1.38. The van der Waals surface area contributed by atoms with Crippen LogP contribution in [0.3, 0.4) is 0 Å². The molecule has 0 bridgehead atoms. The summed E-state index contributed by atoms with van der Waals surface area (Å²) in [4.78, 5) is 23.2. The van der Waals surface area contributed by atoms with E-state index in [1.807, 2.05) is 0 Å². The van der Waals surface area contributed by atoms with Crippen molar-refractivity contribution in [2.45, 2.75) is 6.10 Å². The van der Waals surface area contributed by atoms with E-state index in [9.17, 15) is 4.79 Å². The second-order valence-corrected chi connectivity index (χ2v) is 5.81. The van der Waals surface area contributed by atoms with Crippen molar-refractivity contribution in [3.05, 3.63) is 47.6 Å². The average molecular weight is 380 g/mol. The molecule has 8 nitrogen and oxygen atoms in total. The van der Waals surface area contributed by atoms with Gasteiger partial charge in [-0.05, 0) is 24.3 Å². The lowest BCUT2D eigenvalue weighted by Gasteiger charge is -2.32. The van der Waals surface area contributed by atoms with Crippen molar-refractivity contribution in [1.82, 2.24) is 9.88 Å². The van der Waals surface area contributed by atoms with E-state index in [2.05, 4.69) is 10.1 Å². The second kappa shape index (κ2) is 8.68. The Morgan fingerprint density at radius 1 is 1.46 bits per heavy atom. The quantitative estimate of drug-likeness (QED) is 0.433. The molecule has 3 rings (SSSR count). The maximum atomic E-state index is 12.8. The van der Waals surface area contributed by atoms with Crippen LogP contribution in [0.1, 0.15) is 5.76 Å². The number of furan rings is 1. The highest BCUT2D eigenvalue weighted by Gasteiger charge is 2.30. The first kappa shape index (κ1) is 18.2. The van der Waals surface area contributed by atoms with E-state index in [0.29, 0.717) is 31.2 Å². The maximum Gasteiger partial charge on any atom is 0.279 e. The molecule has 0 saturated carbocycles. The molecule has 1 unspecified atom stereocenters. The minimum absolute atomic E-state index is 0.106. The first-order valence-electron chi connectivity index (χ1n) is 7.98. The Morgan fingerprint density at radius 2 is 2.35 bits per heavy atom. The molecule has 0 aliphatic carbocycles. The highest BCUT2D eigenvalue weighted by molar-refractivity contribution is 6.44. The maximum absolute atomic E-state index is 12.8. The molecule has 1 saturated heterocycles. The van der Waals surface area contributed by atoms with Gasteiger partial charge in [0, 0.05) is 12.7 Å². The van der Waals surface area contributed by atoms with Gasteiger partial charge in [-0.3, -0.25) is 4.79 Å². The number of hydrogen-bond acceptors (Lipinski definition) is 7. The highest BCUT2D eigenvalue weighted by atomic mass is 35.5. The predicted octanol–water partition coefficient (Wildman–Crippen LogP) is 1.98. The van der Waals surface area contributed by atoms with Crippen LogP contribution in [-0.2, 0) is 14.4 Å². The van der Waals surface area contributed by atoms with Gasteiger partial charge in [0.05, 0.1) is 19.4 Å². The number of morpholine rings is 1. The minimum atomic E-state index is -0.302. The topological polar surface area (TPSA) is 86.4 Å². The molecule has 1 atom stereocenters. The summed E-state index contributed by atoms with van der Waals surface area (Å²) in [6.45, 7) is 1.41. The molecule has 0 N–H and O–H groups in total. The number of halogens is 1. The SMILES string of the molecule is CON=C(C(=O)N1CCOC(COc2cccnc2Cl)C1)c1ccco1. The zero-order valence-corrected chi connectivity index (χ0v) is 14.9. The fraction of sp³-hybridized carbons (Fsp3) is 0.353. The van der Waals surface area contributed by atoms with Gasteiger partial charge in [-0.1, -0.05) is 16.8 Å². The Morgan fingerprint density at radius 3 is 3.08 bits per heavy atom. The van der Waals surface area contributed by atoms with Gasteiger partial charge >= 0.3 is 0 Å². The Hall–Kier alpha value is -2.58. The summed E-state index contributed by atoms with van der Waals surface area (Å²) in [5, 5.41) is 4.09. The number of ether oxygens (including phenoxy) is 2. The first-order chi connectivity index (χ1) is 12.7. The normalized spacial score (nSPS) is 17.8. The van der Waals surface area contributed by atoms with E-state index in [1.165, 1.54) is 13.4 Å². The van der Waals surface area contributed by atoms with E-state index >= 15 is 0 Å². The monoisotopic (exact) mass is 379 g/mol. The minimum Gasteiger partial charge on any atom is -0.488 e. The standard InChI is InChI=1S/C17H18ClN3O5/c1-23-20-15(13-5-3-8-25-13)17(22)21-7-9-24-12(10-21)11-26-14-4-2-6-19-16(14)18/h2-6,8,12H,7,9-11H2,1H3. The number of rotatable bonds is 6. The van der Waals surface area contributed by atoms with Crippen molar-refractivity contribution in [3.8, 4) is 5.75 Å². The predicted molar refractivity (Wildman–Crippen MR) is 93.3 cm³/mol. The average Bonchev–Trinajstić information content (AvgIpc) is 3.19.